The molecule has 0 aromatic heterocycles. The molecule has 1 saturated heterocycles. The van der Waals surface area contributed by atoms with Crippen LogP contribution in [0.3, 0.4) is 0 Å². The molecule has 194 valence electrons. The number of hydrogen-bond acceptors (Lipinski definition) is 10. The summed E-state index contributed by atoms with van der Waals surface area (Å²) >= 11 is 0. The van der Waals surface area contributed by atoms with E-state index in [1.165, 1.54) is 12.7 Å². The standard InChI is InChI=1S/C27H29N3O7/c1-32-27-29-28-26(37-27)25-12-20-21(3-2-4-22(20)36-25)33-15-17(14-31)13-30-9-7-18(8-10-30)19-5-6-23-24(11-19)35-16-34-23/h2-3,5-6,11-12,18,22,27,29H,4,7-10,13,15-16H2,1H3. The van der Waals surface area contributed by atoms with E-state index < -0.39 is 6.41 Å². The fourth-order valence-electron chi connectivity index (χ4n) is 5.14. The molecule has 0 amide bonds. The Balaban J connectivity index is 1.03. The zero-order valence-electron chi connectivity index (χ0n) is 20.6. The second kappa shape index (κ2) is 10.3. The number of nitrogens with one attached hydrogen (secondary N) is 1. The van der Waals surface area contributed by atoms with Gasteiger partial charge in [0, 0.05) is 25.6 Å². The van der Waals surface area contributed by atoms with Gasteiger partial charge in [0.15, 0.2) is 17.3 Å². The average molecular weight is 508 g/mol. The van der Waals surface area contributed by atoms with E-state index in [2.05, 4.69) is 33.5 Å². The van der Waals surface area contributed by atoms with Crippen molar-refractivity contribution in [2.24, 2.45) is 5.10 Å². The zero-order valence-corrected chi connectivity index (χ0v) is 20.6. The van der Waals surface area contributed by atoms with Crippen molar-refractivity contribution in [3.8, 4) is 11.5 Å². The normalized spacial score (nSPS) is 24.5. The molecule has 2 atom stereocenters. The molecular weight excluding hydrogens is 478 g/mol. The first kappa shape index (κ1) is 23.7. The first-order valence-corrected chi connectivity index (χ1v) is 12.5. The number of ether oxygens (including phenoxy) is 6. The second-order valence-corrected chi connectivity index (χ2v) is 9.46. The number of rotatable bonds is 8. The third-order valence-electron chi connectivity index (χ3n) is 7.14. The monoisotopic (exact) mass is 507 g/mol. The van der Waals surface area contributed by atoms with Crippen LogP contribution < -0.4 is 14.9 Å². The lowest BCUT2D eigenvalue weighted by Gasteiger charge is -2.32. The van der Waals surface area contributed by atoms with Gasteiger partial charge in [0.05, 0.1) is 5.57 Å². The third kappa shape index (κ3) is 4.96. The SMILES string of the molecule is COC1NN=C(C2=CC3=C(OCC(=C=O)CN4CCC(c5ccc6c(c5)OCO6)CC4)C=CCC3O2)O1. The van der Waals surface area contributed by atoms with Gasteiger partial charge in [0.2, 0.25) is 6.79 Å². The summed E-state index contributed by atoms with van der Waals surface area (Å²) in [6.45, 7) is 2.81. The first-order chi connectivity index (χ1) is 18.2. The second-order valence-electron chi connectivity index (χ2n) is 9.46. The molecule has 1 N–H and O–H groups in total. The van der Waals surface area contributed by atoms with Gasteiger partial charge in [-0.3, -0.25) is 4.90 Å². The van der Waals surface area contributed by atoms with E-state index in [-0.39, 0.29) is 19.5 Å². The molecule has 1 aromatic carbocycles. The summed E-state index contributed by atoms with van der Waals surface area (Å²) in [6, 6.07) is 6.21. The lowest BCUT2D eigenvalue weighted by molar-refractivity contribution is -0.0696. The van der Waals surface area contributed by atoms with Gasteiger partial charge in [0.25, 0.3) is 12.3 Å². The van der Waals surface area contributed by atoms with Crippen molar-refractivity contribution in [2.75, 3.05) is 40.1 Å². The summed E-state index contributed by atoms with van der Waals surface area (Å²) in [5, 5.41) is 4.11. The van der Waals surface area contributed by atoms with E-state index in [9.17, 15) is 4.79 Å². The number of piperidine rings is 1. The summed E-state index contributed by atoms with van der Waals surface area (Å²) in [7, 11) is 1.53. The van der Waals surface area contributed by atoms with Gasteiger partial charge >= 0.3 is 0 Å². The van der Waals surface area contributed by atoms with Crippen LogP contribution in [0.4, 0.5) is 0 Å². The highest BCUT2D eigenvalue weighted by Gasteiger charge is 2.34. The predicted octanol–water partition coefficient (Wildman–Crippen LogP) is 2.73. The van der Waals surface area contributed by atoms with Crippen LogP contribution >= 0.6 is 0 Å². The highest BCUT2D eigenvalue weighted by Crippen LogP contribution is 2.38. The number of hydrogen-bond donors (Lipinski definition) is 1. The van der Waals surface area contributed by atoms with Crippen LogP contribution in [-0.4, -0.2) is 69.4 Å². The number of nitrogens with zero attached hydrogens (tertiary/aromatic N) is 2. The van der Waals surface area contributed by atoms with Crippen molar-refractivity contribution in [2.45, 2.75) is 37.7 Å². The molecule has 1 aliphatic carbocycles. The highest BCUT2D eigenvalue weighted by atomic mass is 16.7. The first-order valence-electron chi connectivity index (χ1n) is 12.5. The van der Waals surface area contributed by atoms with Crippen LogP contribution in [0.5, 0.6) is 11.5 Å². The Hall–Kier alpha value is -3.72. The van der Waals surface area contributed by atoms with Crippen molar-refractivity contribution in [3.05, 3.63) is 64.7 Å². The summed E-state index contributed by atoms with van der Waals surface area (Å²) in [6.07, 6.45) is 7.72. The third-order valence-corrected chi connectivity index (χ3v) is 7.14. The molecule has 1 fully saturated rings. The molecule has 10 nitrogen and oxygen atoms in total. The molecule has 2 unspecified atom stereocenters. The van der Waals surface area contributed by atoms with E-state index in [4.69, 9.17) is 28.4 Å². The molecular formula is C27H29N3O7. The van der Waals surface area contributed by atoms with Crippen LogP contribution in [0.15, 0.2) is 64.2 Å². The van der Waals surface area contributed by atoms with Crippen LogP contribution in [0.25, 0.3) is 0 Å². The van der Waals surface area contributed by atoms with Gasteiger partial charge in [-0.2, -0.15) is 0 Å². The molecule has 37 heavy (non-hydrogen) atoms. The lowest BCUT2D eigenvalue weighted by Crippen LogP contribution is -2.35. The Morgan fingerprint density at radius 3 is 2.89 bits per heavy atom. The van der Waals surface area contributed by atoms with Crippen LogP contribution in [-0.2, 0) is 23.7 Å². The molecule has 0 spiro atoms. The predicted molar refractivity (Wildman–Crippen MR) is 132 cm³/mol. The molecule has 4 aliphatic heterocycles. The van der Waals surface area contributed by atoms with Gasteiger partial charge < -0.3 is 28.4 Å². The van der Waals surface area contributed by atoms with E-state index in [0.717, 1.165) is 43.0 Å². The largest absolute Gasteiger partial charge is 0.488 e. The van der Waals surface area contributed by atoms with Gasteiger partial charge in [-0.25, -0.2) is 10.2 Å². The van der Waals surface area contributed by atoms with Crippen LogP contribution in [0.2, 0.25) is 0 Å². The maximum Gasteiger partial charge on any atom is 0.298 e. The fraction of sp³-hybridized carbons (Fsp3) is 0.444. The summed E-state index contributed by atoms with van der Waals surface area (Å²) < 4.78 is 33.7. The molecule has 0 bridgehead atoms. The van der Waals surface area contributed by atoms with Gasteiger partial charge in [-0.15, -0.1) is 5.10 Å². The molecule has 6 rings (SSSR count). The average Bonchev–Trinajstić information content (AvgIpc) is 3.70. The zero-order chi connectivity index (χ0) is 25.2. The lowest BCUT2D eigenvalue weighted by atomic mass is 9.89. The van der Waals surface area contributed by atoms with E-state index in [0.29, 0.717) is 41.9 Å². The number of benzene rings is 1. The quantitative estimate of drug-likeness (QED) is 0.533. The summed E-state index contributed by atoms with van der Waals surface area (Å²) in [5.41, 5.74) is 5.50. The number of hydrazone groups is 1. The Labute approximate surface area is 214 Å². The van der Waals surface area contributed by atoms with Crippen LogP contribution in [0, 0.1) is 0 Å². The number of fused-ring (bicyclic) bond motifs is 2. The Morgan fingerprint density at radius 2 is 2.08 bits per heavy atom. The fourth-order valence-corrected chi connectivity index (χ4v) is 5.14. The molecule has 5 aliphatic rings. The molecule has 0 saturated carbocycles. The minimum atomic E-state index is -0.632. The number of methoxy groups -OCH3 is 1. The van der Waals surface area contributed by atoms with Crippen molar-refractivity contribution >= 4 is 11.8 Å². The molecule has 10 heteroatoms. The summed E-state index contributed by atoms with van der Waals surface area (Å²) in [4.78, 5) is 14.0. The van der Waals surface area contributed by atoms with Crippen molar-refractivity contribution in [1.82, 2.24) is 10.3 Å². The van der Waals surface area contributed by atoms with Gasteiger partial charge in [-0.1, -0.05) is 12.1 Å². The van der Waals surface area contributed by atoms with Gasteiger partial charge in [0.1, 0.15) is 24.4 Å². The number of allylic oxidation sites excluding steroid dienone is 1. The van der Waals surface area contributed by atoms with E-state index in [1.54, 1.807) is 0 Å². The molecule has 1 aromatic rings. The van der Waals surface area contributed by atoms with E-state index >= 15 is 0 Å². The maximum atomic E-state index is 11.7. The van der Waals surface area contributed by atoms with E-state index in [1.807, 2.05) is 24.3 Å². The van der Waals surface area contributed by atoms with Crippen molar-refractivity contribution in [1.29, 1.82) is 0 Å². The molecule has 4 heterocycles. The minimum Gasteiger partial charge on any atom is -0.488 e. The van der Waals surface area contributed by atoms with Crippen LogP contribution in [0.1, 0.15) is 30.7 Å². The van der Waals surface area contributed by atoms with Crippen molar-refractivity contribution in [3.63, 3.8) is 0 Å². The Kier molecular flexibility index (Phi) is 6.61. The molecule has 0 radical (unpaired) electrons. The number of likely N-dealkylation sites (tertiary alicyclic amines) is 1. The van der Waals surface area contributed by atoms with Gasteiger partial charge in [-0.05, 0) is 61.7 Å². The maximum absolute atomic E-state index is 11.7. The Bertz CT molecular complexity index is 1220. The highest BCUT2D eigenvalue weighted by molar-refractivity contribution is 5.93. The van der Waals surface area contributed by atoms with Crippen molar-refractivity contribution < 1.29 is 33.2 Å². The Morgan fingerprint density at radius 1 is 1.22 bits per heavy atom. The number of carbonyl (C=O) groups excluding carboxylic acids is 1. The topological polar surface area (TPSA) is 100 Å². The minimum absolute atomic E-state index is 0.176. The summed E-state index contributed by atoms with van der Waals surface area (Å²) in [5.74, 6) is 5.74. The smallest absolute Gasteiger partial charge is 0.298 e.